The first-order valence-electron chi connectivity index (χ1n) is 10.5. The van der Waals surface area contributed by atoms with Gasteiger partial charge in [-0.05, 0) is 44.2 Å². The van der Waals surface area contributed by atoms with E-state index in [0.717, 1.165) is 44.6 Å². The van der Waals surface area contributed by atoms with Crippen molar-refractivity contribution >= 4 is 35.5 Å². The first-order chi connectivity index (χ1) is 14.9. The van der Waals surface area contributed by atoms with Crippen LogP contribution in [0.4, 0.5) is 6.01 Å². The van der Waals surface area contributed by atoms with Gasteiger partial charge >= 0.3 is 0 Å². The van der Waals surface area contributed by atoms with Gasteiger partial charge in [0.25, 0.3) is 12.5 Å². The van der Waals surface area contributed by atoms with Crippen molar-refractivity contribution in [3.8, 4) is 0 Å². The Balaban J connectivity index is 0.000000858. The summed E-state index contributed by atoms with van der Waals surface area (Å²) in [6.07, 6.45) is 3.00. The second-order valence-electron chi connectivity index (χ2n) is 7.95. The minimum Gasteiger partial charge on any atom is -0.483 e. The molecule has 0 aliphatic carbocycles. The summed E-state index contributed by atoms with van der Waals surface area (Å²) in [5.74, 6) is 0.601. The van der Waals surface area contributed by atoms with Crippen LogP contribution in [0.25, 0.3) is 11.2 Å². The fourth-order valence-electron chi connectivity index (χ4n) is 4.18. The Bertz CT molecular complexity index is 922. The first kappa shape index (κ1) is 22.5. The standard InChI is InChI=1S/C20H27N5O3.CH2O2/c1-13-3-4-16-18(22-13)23-20(28-16)24-9-6-15(7-10-24)19(27)25-8-5-14(12-25)11-17(26)21-2;2-1-3/h3-4,14-15H,5-12H2,1-2H3,(H,21,26);1H,(H,2,3). The molecule has 31 heavy (non-hydrogen) atoms. The average Bonchev–Trinajstić information content (AvgIpc) is 3.40. The number of anilines is 1. The van der Waals surface area contributed by atoms with E-state index in [-0.39, 0.29) is 30.1 Å². The minimum atomic E-state index is -0.250. The summed E-state index contributed by atoms with van der Waals surface area (Å²) < 4.78 is 5.84. The van der Waals surface area contributed by atoms with E-state index in [1.165, 1.54) is 0 Å². The van der Waals surface area contributed by atoms with Crippen molar-refractivity contribution in [3.63, 3.8) is 0 Å². The van der Waals surface area contributed by atoms with E-state index in [4.69, 9.17) is 14.3 Å². The molecule has 2 saturated heterocycles. The van der Waals surface area contributed by atoms with Gasteiger partial charge in [0.2, 0.25) is 17.5 Å². The second-order valence-corrected chi connectivity index (χ2v) is 7.95. The molecule has 0 spiro atoms. The normalized spacial score (nSPS) is 19.1. The van der Waals surface area contributed by atoms with E-state index in [0.29, 0.717) is 30.2 Å². The zero-order chi connectivity index (χ0) is 22.4. The molecule has 2 fully saturated rings. The van der Waals surface area contributed by atoms with Crippen molar-refractivity contribution in [2.45, 2.75) is 32.6 Å². The van der Waals surface area contributed by atoms with E-state index >= 15 is 0 Å². The molecule has 0 saturated carbocycles. The molecule has 10 nitrogen and oxygen atoms in total. The van der Waals surface area contributed by atoms with Gasteiger partial charge in [0.1, 0.15) is 0 Å². The van der Waals surface area contributed by atoms with Crippen LogP contribution in [0.3, 0.4) is 0 Å². The maximum absolute atomic E-state index is 12.9. The molecular weight excluding hydrogens is 402 g/mol. The Kier molecular flexibility index (Phi) is 7.43. The maximum atomic E-state index is 12.9. The number of aromatic nitrogens is 2. The molecule has 2 aromatic heterocycles. The van der Waals surface area contributed by atoms with Crippen molar-refractivity contribution < 1.29 is 23.9 Å². The van der Waals surface area contributed by atoms with Gasteiger partial charge in [-0.1, -0.05) is 0 Å². The Morgan fingerprint density at radius 3 is 2.61 bits per heavy atom. The molecule has 2 amide bonds. The Morgan fingerprint density at radius 1 is 1.23 bits per heavy atom. The van der Waals surface area contributed by atoms with Crippen LogP contribution in [0.1, 0.15) is 31.4 Å². The summed E-state index contributed by atoms with van der Waals surface area (Å²) in [5, 5.41) is 9.55. The highest BCUT2D eigenvalue weighted by molar-refractivity contribution is 5.80. The number of carbonyl (C=O) groups excluding carboxylic acids is 2. The third-order valence-corrected chi connectivity index (χ3v) is 5.85. The van der Waals surface area contributed by atoms with Gasteiger partial charge in [-0.2, -0.15) is 4.98 Å². The van der Waals surface area contributed by atoms with Gasteiger partial charge in [-0.3, -0.25) is 14.4 Å². The number of aryl methyl sites for hydroxylation is 1. The number of hydrogen-bond donors (Lipinski definition) is 2. The lowest BCUT2D eigenvalue weighted by Gasteiger charge is -2.32. The number of nitrogens with zero attached hydrogens (tertiary/aromatic N) is 4. The van der Waals surface area contributed by atoms with Crippen molar-refractivity contribution in [2.24, 2.45) is 11.8 Å². The van der Waals surface area contributed by atoms with E-state index in [1.807, 2.05) is 24.0 Å². The summed E-state index contributed by atoms with van der Waals surface area (Å²) in [6.45, 7) is 4.64. The van der Waals surface area contributed by atoms with Crippen LogP contribution in [0, 0.1) is 18.8 Å². The fraction of sp³-hybridized carbons (Fsp3) is 0.571. The largest absolute Gasteiger partial charge is 0.483 e. The van der Waals surface area contributed by atoms with Gasteiger partial charge in [0.05, 0.1) is 0 Å². The highest BCUT2D eigenvalue weighted by Gasteiger charge is 2.34. The zero-order valence-electron chi connectivity index (χ0n) is 17.9. The number of hydrogen-bond acceptors (Lipinski definition) is 7. The van der Waals surface area contributed by atoms with Gasteiger partial charge in [-0.25, -0.2) is 4.98 Å². The second kappa shape index (κ2) is 10.2. The molecule has 1 unspecified atom stereocenters. The minimum absolute atomic E-state index is 0.0414. The molecule has 1 atom stereocenters. The van der Waals surface area contributed by atoms with Crippen LogP contribution >= 0.6 is 0 Å². The van der Waals surface area contributed by atoms with E-state index in [2.05, 4.69) is 20.2 Å². The summed E-state index contributed by atoms with van der Waals surface area (Å²) in [5.41, 5.74) is 2.24. The molecule has 2 aromatic rings. The number of amides is 2. The maximum Gasteiger partial charge on any atom is 0.299 e. The number of oxazole rings is 1. The van der Waals surface area contributed by atoms with Crippen LogP contribution in [0.2, 0.25) is 0 Å². The van der Waals surface area contributed by atoms with Crippen LogP contribution < -0.4 is 10.2 Å². The molecule has 0 radical (unpaired) electrons. The van der Waals surface area contributed by atoms with Crippen LogP contribution in [-0.4, -0.2) is 71.5 Å². The number of pyridine rings is 1. The number of likely N-dealkylation sites (tertiary alicyclic amines) is 1. The van der Waals surface area contributed by atoms with E-state index in [1.54, 1.807) is 7.05 Å². The fourth-order valence-corrected chi connectivity index (χ4v) is 4.18. The molecule has 2 aliphatic heterocycles. The topological polar surface area (TPSA) is 129 Å². The summed E-state index contributed by atoms with van der Waals surface area (Å²) in [6, 6.07) is 4.40. The summed E-state index contributed by atoms with van der Waals surface area (Å²) in [4.78, 5) is 45.7. The van der Waals surface area contributed by atoms with Crippen molar-refractivity contribution in [1.29, 1.82) is 0 Å². The number of carboxylic acid groups (broad SMARTS) is 1. The molecule has 0 bridgehead atoms. The van der Waals surface area contributed by atoms with Crippen LogP contribution in [-0.2, 0) is 14.4 Å². The average molecular weight is 431 g/mol. The summed E-state index contributed by atoms with van der Waals surface area (Å²) >= 11 is 0. The molecule has 168 valence electrons. The van der Waals surface area contributed by atoms with Crippen LogP contribution in [0.15, 0.2) is 16.5 Å². The van der Waals surface area contributed by atoms with Gasteiger partial charge in [0.15, 0.2) is 5.58 Å². The molecule has 4 heterocycles. The molecular formula is C21H29N5O5. The van der Waals surface area contributed by atoms with Crippen molar-refractivity contribution in [3.05, 3.63) is 17.8 Å². The van der Waals surface area contributed by atoms with Gasteiger partial charge < -0.3 is 24.6 Å². The smallest absolute Gasteiger partial charge is 0.299 e. The van der Waals surface area contributed by atoms with E-state index < -0.39 is 0 Å². The number of fused-ring (bicyclic) bond motifs is 1. The van der Waals surface area contributed by atoms with Gasteiger partial charge in [-0.15, -0.1) is 0 Å². The third-order valence-electron chi connectivity index (χ3n) is 5.85. The summed E-state index contributed by atoms with van der Waals surface area (Å²) in [7, 11) is 1.65. The van der Waals surface area contributed by atoms with Crippen molar-refractivity contribution in [1.82, 2.24) is 20.2 Å². The van der Waals surface area contributed by atoms with Crippen molar-refractivity contribution in [2.75, 3.05) is 38.1 Å². The zero-order valence-corrected chi connectivity index (χ0v) is 17.9. The molecule has 2 N–H and O–H groups in total. The molecule has 10 heteroatoms. The molecule has 2 aliphatic rings. The first-order valence-corrected chi connectivity index (χ1v) is 10.5. The Morgan fingerprint density at radius 2 is 1.94 bits per heavy atom. The third kappa shape index (κ3) is 5.50. The number of carbonyl (C=O) groups is 3. The quantitative estimate of drug-likeness (QED) is 0.696. The Labute approximate surface area is 180 Å². The van der Waals surface area contributed by atoms with E-state index in [9.17, 15) is 9.59 Å². The lowest BCUT2D eigenvalue weighted by Crippen LogP contribution is -2.42. The monoisotopic (exact) mass is 431 g/mol. The van der Waals surface area contributed by atoms with Gasteiger partial charge in [0, 0.05) is 51.3 Å². The van der Waals surface area contributed by atoms with Crippen LogP contribution in [0.5, 0.6) is 0 Å². The predicted octanol–water partition coefficient (Wildman–Crippen LogP) is 1.43. The lowest BCUT2D eigenvalue weighted by molar-refractivity contribution is -0.135. The molecule has 4 rings (SSSR count). The number of piperidine rings is 1. The lowest BCUT2D eigenvalue weighted by atomic mass is 9.95. The predicted molar refractivity (Wildman–Crippen MR) is 114 cm³/mol. The SMILES string of the molecule is CNC(=O)CC1CCN(C(=O)C2CCN(c3nc4nc(C)ccc4o3)CC2)C1.O=CO. The molecule has 0 aromatic carbocycles. The number of rotatable bonds is 4. The highest BCUT2D eigenvalue weighted by atomic mass is 16.4. The Hall–Kier alpha value is -3.17. The highest BCUT2D eigenvalue weighted by Crippen LogP contribution is 2.28. The number of nitrogens with one attached hydrogen (secondary N) is 1.